The van der Waals surface area contributed by atoms with Gasteiger partial charge in [0.05, 0.1) is 22.2 Å². The number of halogens is 3. The van der Waals surface area contributed by atoms with E-state index in [4.69, 9.17) is 50.0 Å². The van der Waals surface area contributed by atoms with E-state index in [0.717, 1.165) is 5.56 Å². The normalized spacial score (nSPS) is 12.0. The molecule has 1 unspecified atom stereocenters. The Hall–Kier alpha value is -1.13. The highest BCUT2D eigenvalue weighted by Gasteiger charge is 2.18. The molecule has 2 aromatic rings. The van der Waals surface area contributed by atoms with E-state index in [1.54, 1.807) is 13.2 Å². The molecule has 112 valence electrons. The molecule has 0 aliphatic carbocycles. The molecule has 2 aromatic carbocycles. The van der Waals surface area contributed by atoms with E-state index in [1.165, 1.54) is 6.07 Å². The Morgan fingerprint density at radius 2 is 1.67 bits per heavy atom. The molecule has 6 heteroatoms. The Morgan fingerprint density at radius 1 is 1.00 bits per heavy atom. The SMILES string of the molecule is COc1ccccc1C(CN)Oc1cc(Cl)c(Cl)cc1Cl. The molecule has 21 heavy (non-hydrogen) atoms. The molecule has 0 saturated heterocycles. The van der Waals surface area contributed by atoms with Gasteiger partial charge in [-0.25, -0.2) is 0 Å². The quantitative estimate of drug-likeness (QED) is 0.796. The van der Waals surface area contributed by atoms with E-state index < -0.39 is 6.10 Å². The number of nitrogens with two attached hydrogens (primary N) is 1. The van der Waals surface area contributed by atoms with Crippen molar-refractivity contribution in [2.75, 3.05) is 13.7 Å². The highest BCUT2D eigenvalue weighted by Crippen LogP contribution is 2.37. The Bertz CT molecular complexity index is 634. The predicted octanol–water partition coefficient (Wildman–Crippen LogP) is 4.73. The zero-order chi connectivity index (χ0) is 15.4. The van der Waals surface area contributed by atoms with Gasteiger partial charge >= 0.3 is 0 Å². The number of para-hydroxylation sites is 1. The van der Waals surface area contributed by atoms with Gasteiger partial charge in [0.1, 0.15) is 17.6 Å². The van der Waals surface area contributed by atoms with Crippen molar-refractivity contribution in [1.82, 2.24) is 0 Å². The maximum atomic E-state index is 6.12. The molecule has 1 atom stereocenters. The molecule has 0 amide bonds. The van der Waals surface area contributed by atoms with Crippen LogP contribution in [0.1, 0.15) is 11.7 Å². The van der Waals surface area contributed by atoms with Gasteiger partial charge in [0.25, 0.3) is 0 Å². The third-order valence-corrected chi connectivity index (χ3v) is 3.96. The fourth-order valence-corrected chi connectivity index (χ4v) is 2.50. The molecule has 0 spiro atoms. The van der Waals surface area contributed by atoms with Crippen LogP contribution in [0.2, 0.25) is 15.1 Å². The fourth-order valence-electron chi connectivity index (χ4n) is 1.92. The maximum absolute atomic E-state index is 6.12. The van der Waals surface area contributed by atoms with Crippen LogP contribution >= 0.6 is 34.8 Å². The lowest BCUT2D eigenvalue weighted by molar-refractivity contribution is 0.209. The summed E-state index contributed by atoms with van der Waals surface area (Å²) in [5.41, 5.74) is 6.65. The Kier molecular flexibility index (Phi) is 5.59. The minimum atomic E-state index is -0.407. The van der Waals surface area contributed by atoms with Crippen molar-refractivity contribution < 1.29 is 9.47 Å². The van der Waals surface area contributed by atoms with Crippen molar-refractivity contribution in [3.8, 4) is 11.5 Å². The minimum absolute atomic E-state index is 0.261. The second kappa shape index (κ2) is 7.23. The molecule has 0 fully saturated rings. The van der Waals surface area contributed by atoms with Crippen molar-refractivity contribution >= 4 is 34.8 Å². The monoisotopic (exact) mass is 345 g/mol. The zero-order valence-corrected chi connectivity index (χ0v) is 13.5. The fraction of sp³-hybridized carbons (Fsp3) is 0.200. The standard InChI is InChI=1S/C15H14Cl3NO2/c1-20-13-5-3-2-4-9(13)15(8-19)21-14-7-11(17)10(16)6-12(14)18/h2-7,15H,8,19H2,1H3. The number of methoxy groups -OCH3 is 1. The lowest BCUT2D eigenvalue weighted by Gasteiger charge is -2.21. The van der Waals surface area contributed by atoms with E-state index in [1.807, 2.05) is 24.3 Å². The third-order valence-electron chi connectivity index (χ3n) is 2.94. The lowest BCUT2D eigenvalue weighted by atomic mass is 10.1. The molecule has 0 saturated carbocycles. The van der Waals surface area contributed by atoms with Gasteiger partial charge in [0, 0.05) is 18.2 Å². The number of ether oxygens (including phenoxy) is 2. The molecule has 2 N–H and O–H groups in total. The van der Waals surface area contributed by atoms with E-state index in [-0.39, 0.29) is 6.54 Å². The van der Waals surface area contributed by atoms with Gasteiger partial charge in [0.15, 0.2) is 0 Å². The summed E-state index contributed by atoms with van der Waals surface area (Å²) in [7, 11) is 1.60. The summed E-state index contributed by atoms with van der Waals surface area (Å²) in [4.78, 5) is 0. The van der Waals surface area contributed by atoms with E-state index in [2.05, 4.69) is 0 Å². The van der Waals surface area contributed by atoms with Gasteiger partial charge in [0.2, 0.25) is 0 Å². The van der Waals surface area contributed by atoms with Crippen molar-refractivity contribution in [1.29, 1.82) is 0 Å². The summed E-state index contributed by atoms with van der Waals surface area (Å²) in [5, 5.41) is 1.11. The third kappa shape index (κ3) is 3.74. The molecule has 2 rings (SSSR count). The average molecular weight is 347 g/mol. The molecule has 0 aliphatic heterocycles. The van der Waals surface area contributed by atoms with Crippen LogP contribution in [0.25, 0.3) is 0 Å². The zero-order valence-electron chi connectivity index (χ0n) is 11.3. The lowest BCUT2D eigenvalue weighted by Crippen LogP contribution is -2.19. The summed E-state index contributed by atoms with van der Waals surface area (Å²) in [6.45, 7) is 0.261. The summed E-state index contributed by atoms with van der Waals surface area (Å²) < 4.78 is 11.2. The Labute approximate surface area is 138 Å². The second-order valence-electron chi connectivity index (χ2n) is 4.28. The van der Waals surface area contributed by atoms with Gasteiger partial charge in [-0.05, 0) is 12.1 Å². The van der Waals surface area contributed by atoms with Crippen LogP contribution in [-0.4, -0.2) is 13.7 Å². The molecule has 0 heterocycles. The van der Waals surface area contributed by atoms with Crippen molar-refractivity contribution in [3.63, 3.8) is 0 Å². The van der Waals surface area contributed by atoms with Crippen LogP contribution in [0, 0.1) is 0 Å². The number of hydrogen-bond acceptors (Lipinski definition) is 3. The molecule has 3 nitrogen and oxygen atoms in total. The number of rotatable bonds is 5. The van der Waals surface area contributed by atoms with Crippen LogP contribution in [0.4, 0.5) is 0 Å². The average Bonchev–Trinajstić information content (AvgIpc) is 2.49. The summed E-state index contributed by atoms with van der Waals surface area (Å²) >= 11 is 18.0. The van der Waals surface area contributed by atoms with Gasteiger partial charge in [-0.3, -0.25) is 0 Å². The number of benzene rings is 2. The summed E-state index contributed by atoms with van der Waals surface area (Å²) in [6.07, 6.45) is -0.407. The maximum Gasteiger partial charge on any atom is 0.140 e. The summed E-state index contributed by atoms with van der Waals surface area (Å²) in [5.74, 6) is 1.12. The van der Waals surface area contributed by atoms with Gasteiger partial charge < -0.3 is 15.2 Å². The smallest absolute Gasteiger partial charge is 0.140 e. The molecule has 0 aliphatic rings. The topological polar surface area (TPSA) is 44.5 Å². The van der Waals surface area contributed by atoms with Gasteiger partial charge in [-0.2, -0.15) is 0 Å². The van der Waals surface area contributed by atoms with E-state index in [9.17, 15) is 0 Å². The molecule has 0 radical (unpaired) electrons. The van der Waals surface area contributed by atoms with Crippen molar-refractivity contribution in [2.45, 2.75) is 6.10 Å². The molecular formula is C15H14Cl3NO2. The van der Waals surface area contributed by atoms with Gasteiger partial charge in [-0.15, -0.1) is 0 Å². The Morgan fingerprint density at radius 3 is 2.33 bits per heavy atom. The van der Waals surface area contributed by atoms with E-state index >= 15 is 0 Å². The highest BCUT2D eigenvalue weighted by molar-refractivity contribution is 6.43. The van der Waals surface area contributed by atoms with E-state index in [0.29, 0.717) is 26.6 Å². The van der Waals surface area contributed by atoms with Crippen LogP contribution < -0.4 is 15.2 Å². The first-order chi connectivity index (χ1) is 10.1. The first-order valence-electron chi connectivity index (χ1n) is 6.21. The van der Waals surface area contributed by atoms with Crippen molar-refractivity contribution in [3.05, 3.63) is 57.0 Å². The predicted molar refractivity (Wildman–Crippen MR) is 86.9 cm³/mol. The van der Waals surface area contributed by atoms with Crippen molar-refractivity contribution in [2.24, 2.45) is 5.73 Å². The van der Waals surface area contributed by atoms with Crippen LogP contribution in [-0.2, 0) is 0 Å². The second-order valence-corrected chi connectivity index (χ2v) is 5.50. The van der Waals surface area contributed by atoms with Crippen LogP contribution in [0.15, 0.2) is 36.4 Å². The van der Waals surface area contributed by atoms with Crippen LogP contribution in [0.3, 0.4) is 0 Å². The minimum Gasteiger partial charge on any atom is -0.496 e. The van der Waals surface area contributed by atoms with Gasteiger partial charge in [-0.1, -0.05) is 53.0 Å². The molecule has 0 aromatic heterocycles. The Balaban J connectivity index is 2.33. The first-order valence-corrected chi connectivity index (χ1v) is 7.34. The highest BCUT2D eigenvalue weighted by atomic mass is 35.5. The molecular weight excluding hydrogens is 333 g/mol. The largest absolute Gasteiger partial charge is 0.496 e. The van der Waals surface area contributed by atoms with Crippen LogP contribution in [0.5, 0.6) is 11.5 Å². The molecule has 0 bridgehead atoms. The summed E-state index contributed by atoms with van der Waals surface area (Å²) in [6, 6.07) is 10.6. The number of hydrogen-bond donors (Lipinski definition) is 1. The first kappa shape index (κ1) is 16.2.